The molecule has 0 aromatic rings. The summed E-state index contributed by atoms with van der Waals surface area (Å²) < 4.78 is 5.23. The molecule has 1 saturated carbocycles. The van der Waals surface area contributed by atoms with E-state index in [9.17, 15) is 9.59 Å². The fraction of sp³-hybridized carbons (Fsp3) is 0.882. The lowest BCUT2D eigenvalue weighted by atomic mass is 9.85. The van der Waals surface area contributed by atoms with E-state index >= 15 is 0 Å². The van der Waals surface area contributed by atoms with E-state index in [0.29, 0.717) is 5.92 Å². The number of hydrogen-bond donors (Lipinski definition) is 2. The number of carbonyl (C=O) groups is 2. The number of rotatable bonds is 7. The molecule has 1 unspecified atom stereocenters. The highest BCUT2D eigenvalue weighted by atomic mass is 16.5. The Balaban J connectivity index is 1.71. The molecule has 0 aromatic heterocycles. The van der Waals surface area contributed by atoms with Crippen LogP contribution < -0.4 is 5.32 Å². The highest BCUT2D eigenvalue weighted by molar-refractivity contribution is 5.74. The Morgan fingerprint density at radius 2 is 2.04 bits per heavy atom. The van der Waals surface area contributed by atoms with Crippen LogP contribution in [0.5, 0.6) is 0 Å². The third-order valence-corrected chi connectivity index (χ3v) is 5.24. The van der Waals surface area contributed by atoms with Gasteiger partial charge in [0.15, 0.2) is 0 Å². The maximum absolute atomic E-state index is 12.4. The summed E-state index contributed by atoms with van der Waals surface area (Å²) in [5, 5.41) is 12.0. The molecule has 1 atom stereocenters. The first-order valence-corrected chi connectivity index (χ1v) is 9.03. The Bertz CT molecular complexity index is 426. The molecule has 1 aliphatic carbocycles. The minimum atomic E-state index is -0.792. The average Bonchev–Trinajstić information content (AvgIpc) is 2.74. The zero-order chi connectivity index (χ0) is 17.5. The molecular formula is C17H31N3O4. The largest absolute Gasteiger partial charge is 0.480 e. The lowest BCUT2D eigenvalue weighted by molar-refractivity contribution is -0.139. The maximum Gasteiger partial charge on any atom is 0.317 e. The predicted octanol–water partition coefficient (Wildman–Crippen LogP) is 1.38. The second kappa shape index (κ2) is 9.22. The molecule has 2 N–H and O–H groups in total. The van der Waals surface area contributed by atoms with Crippen LogP contribution in [0.2, 0.25) is 0 Å². The Labute approximate surface area is 144 Å². The quantitative estimate of drug-likeness (QED) is 0.731. The summed E-state index contributed by atoms with van der Waals surface area (Å²) in [7, 11) is 1.73. The van der Waals surface area contributed by atoms with Gasteiger partial charge in [0, 0.05) is 38.9 Å². The summed E-state index contributed by atoms with van der Waals surface area (Å²) in [5.41, 5.74) is 0. The topological polar surface area (TPSA) is 82.1 Å². The van der Waals surface area contributed by atoms with Crippen molar-refractivity contribution in [1.82, 2.24) is 15.1 Å². The highest BCUT2D eigenvalue weighted by Gasteiger charge is 2.35. The van der Waals surface area contributed by atoms with Gasteiger partial charge in [-0.15, -0.1) is 0 Å². The molecule has 2 rings (SSSR count). The summed E-state index contributed by atoms with van der Waals surface area (Å²) >= 11 is 0. The van der Waals surface area contributed by atoms with E-state index < -0.39 is 5.97 Å². The van der Waals surface area contributed by atoms with Crippen LogP contribution in [-0.4, -0.2) is 78.9 Å². The number of amides is 2. The van der Waals surface area contributed by atoms with Gasteiger partial charge in [0.2, 0.25) is 0 Å². The summed E-state index contributed by atoms with van der Waals surface area (Å²) in [6, 6.07) is 0.466. The van der Waals surface area contributed by atoms with Gasteiger partial charge >= 0.3 is 12.0 Å². The van der Waals surface area contributed by atoms with Gasteiger partial charge in [0.1, 0.15) is 0 Å². The van der Waals surface area contributed by atoms with Crippen molar-refractivity contribution >= 4 is 12.0 Å². The third kappa shape index (κ3) is 5.34. The van der Waals surface area contributed by atoms with Crippen LogP contribution in [0.25, 0.3) is 0 Å². The van der Waals surface area contributed by atoms with Crippen LogP contribution in [0, 0.1) is 5.92 Å². The number of carbonyl (C=O) groups excluding carboxylic acids is 1. The third-order valence-electron chi connectivity index (χ3n) is 5.24. The zero-order valence-electron chi connectivity index (χ0n) is 14.9. The summed E-state index contributed by atoms with van der Waals surface area (Å²) in [4.78, 5) is 27.2. The number of urea groups is 1. The van der Waals surface area contributed by atoms with Gasteiger partial charge in [0.05, 0.1) is 6.54 Å². The number of methoxy groups -OCH3 is 1. The average molecular weight is 341 g/mol. The van der Waals surface area contributed by atoms with E-state index in [-0.39, 0.29) is 24.7 Å². The minimum absolute atomic E-state index is 0.0257. The minimum Gasteiger partial charge on any atom is -0.480 e. The van der Waals surface area contributed by atoms with Crippen molar-refractivity contribution in [2.24, 2.45) is 5.92 Å². The fourth-order valence-electron chi connectivity index (χ4n) is 3.71. The lowest BCUT2D eigenvalue weighted by Gasteiger charge is -2.42. The van der Waals surface area contributed by atoms with Crippen LogP contribution in [-0.2, 0) is 9.53 Å². The van der Waals surface area contributed by atoms with E-state index in [4.69, 9.17) is 9.84 Å². The molecule has 24 heavy (non-hydrogen) atoms. The molecule has 0 bridgehead atoms. The number of nitrogens with zero attached hydrogens (tertiary/aromatic N) is 2. The van der Waals surface area contributed by atoms with Crippen LogP contribution in [0.4, 0.5) is 4.79 Å². The van der Waals surface area contributed by atoms with Gasteiger partial charge in [0.25, 0.3) is 0 Å². The number of carboxylic acid groups (broad SMARTS) is 1. The molecule has 0 radical (unpaired) electrons. The molecule has 7 heteroatoms. The number of likely N-dealkylation sites (N-methyl/N-ethyl adjacent to an activating group) is 1. The number of carboxylic acids is 1. The SMILES string of the molecule is CCN(CC(=O)O)C1CC(NC(=O)N2CCCC(COC)CC2)C1. The van der Waals surface area contributed by atoms with Crippen LogP contribution in [0.1, 0.15) is 39.0 Å². The molecule has 7 nitrogen and oxygen atoms in total. The Kier molecular flexibility index (Phi) is 7.30. The molecule has 2 aliphatic rings. The molecule has 0 spiro atoms. The van der Waals surface area contributed by atoms with Crippen molar-refractivity contribution in [1.29, 1.82) is 0 Å². The molecule has 1 aliphatic heterocycles. The smallest absolute Gasteiger partial charge is 0.317 e. The molecule has 138 valence electrons. The Morgan fingerprint density at radius 3 is 2.67 bits per heavy atom. The number of ether oxygens (including phenoxy) is 1. The Morgan fingerprint density at radius 1 is 1.29 bits per heavy atom. The van der Waals surface area contributed by atoms with Gasteiger partial charge in [-0.1, -0.05) is 6.92 Å². The summed E-state index contributed by atoms with van der Waals surface area (Å²) in [6.45, 7) is 5.15. The van der Waals surface area contributed by atoms with Crippen molar-refractivity contribution < 1.29 is 19.4 Å². The number of nitrogens with one attached hydrogen (secondary N) is 1. The number of aliphatic carboxylic acids is 1. The standard InChI is InChI=1S/C17H31N3O4/c1-3-19(11-16(21)22)15-9-14(10-15)18-17(23)20-7-4-5-13(6-8-20)12-24-2/h13-15H,3-12H2,1-2H3,(H,18,23)(H,21,22). The molecule has 1 saturated heterocycles. The lowest BCUT2D eigenvalue weighted by Crippen LogP contribution is -2.56. The first kappa shape index (κ1) is 19.0. The summed E-state index contributed by atoms with van der Waals surface area (Å²) in [5.74, 6) is -0.241. The first-order valence-electron chi connectivity index (χ1n) is 9.03. The monoisotopic (exact) mass is 341 g/mol. The van der Waals surface area contributed by atoms with Crippen LogP contribution in [0.3, 0.4) is 0 Å². The van der Waals surface area contributed by atoms with Crippen molar-refractivity contribution in [3.63, 3.8) is 0 Å². The molecule has 2 fully saturated rings. The number of likely N-dealkylation sites (tertiary alicyclic amines) is 1. The zero-order valence-corrected chi connectivity index (χ0v) is 14.9. The van der Waals surface area contributed by atoms with Crippen LogP contribution >= 0.6 is 0 Å². The predicted molar refractivity (Wildman–Crippen MR) is 91.0 cm³/mol. The van der Waals surface area contributed by atoms with E-state index in [1.165, 1.54) is 0 Å². The van der Waals surface area contributed by atoms with E-state index in [2.05, 4.69) is 5.32 Å². The van der Waals surface area contributed by atoms with E-state index in [1.54, 1.807) is 7.11 Å². The van der Waals surface area contributed by atoms with Crippen molar-refractivity contribution in [3.8, 4) is 0 Å². The fourth-order valence-corrected chi connectivity index (χ4v) is 3.71. The first-order chi connectivity index (χ1) is 11.5. The van der Waals surface area contributed by atoms with E-state index in [0.717, 1.165) is 58.3 Å². The molecule has 2 amide bonds. The normalized spacial score (nSPS) is 27.5. The van der Waals surface area contributed by atoms with Crippen molar-refractivity contribution in [3.05, 3.63) is 0 Å². The molecule has 0 aromatic carbocycles. The molecule has 1 heterocycles. The second-order valence-electron chi connectivity index (χ2n) is 6.97. The van der Waals surface area contributed by atoms with Crippen LogP contribution in [0.15, 0.2) is 0 Å². The van der Waals surface area contributed by atoms with Crippen molar-refractivity contribution in [2.75, 3.05) is 39.9 Å². The Hall–Kier alpha value is -1.34. The van der Waals surface area contributed by atoms with E-state index in [1.807, 2.05) is 16.7 Å². The van der Waals surface area contributed by atoms with Gasteiger partial charge in [-0.2, -0.15) is 0 Å². The highest BCUT2D eigenvalue weighted by Crippen LogP contribution is 2.26. The van der Waals surface area contributed by atoms with Gasteiger partial charge in [-0.25, -0.2) is 4.79 Å². The van der Waals surface area contributed by atoms with Gasteiger partial charge in [-0.3, -0.25) is 9.69 Å². The summed E-state index contributed by atoms with van der Waals surface area (Å²) in [6.07, 6.45) is 4.82. The molecular weight excluding hydrogens is 310 g/mol. The second-order valence-corrected chi connectivity index (χ2v) is 6.97. The van der Waals surface area contributed by atoms with Gasteiger partial charge < -0.3 is 20.1 Å². The maximum atomic E-state index is 12.4. The number of hydrogen-bond acceptors (Lipinski definition) is 4. The van der Waals surface area contributed by atoms with Crippen molar-refractivity contribution in [2.45, 2.75) is 51.1 Å². The van der Waals surface area contributed by atoms with Gasteiger partial charge in [-0.05, 0) is 44.6 Å².